The number of nitrogens with zero attached hydrogens (tertiary/aromatic N) is 1. The lowest BCUT2D eigenvalue weighted by atomic mass is 10.2. The Hall–Kier alpha value is -1.25. The number of nitro benzene ring substituents is 1. The minimum absolute atomic E-state index is 0.130. The summed E-state index contributed by atoms with van der Waals surface area (Å²) in [6.45, 7) is 0.376. The van der Waals surface area contributed by atoms with Crippen LogP contribution in [0.2, 0.25) is 0 Å². The van der Waals surface area contributed by atoms with Crippen LogP contribution in [0.4, 0.5) is 5.69 Å². The average molecular weight is 420 g/mol. The monoisotopic (exact) mass is 418 g/mol. The average Bonchev–Trinajstić information content (AvgIpc) is 2.81. The Morgan fingerprint density at radius 1 is 1.30 bits per heavy atom. The first-order valence-corrected chi connectivity index (χ1v) is 7.89. The molecule has 1 N–H and O–H groups in total. The second kappa shape index (κ2) is 6.47. The zero-order valence-electron chi connectivity index (χ0n) is 9.93. The Morgan fingerprint density at radius 3 is 2.65 bits per heavy atom. The summed E-state index contributed by atoms with van der Waals surface area (Å²) in [6.07, 6.45) is 0. The van der Waals surface area contributed by atoms with Crippen molar-refractivity contribution in [3.05, 3.63) is 59.1 Å². The normalized spacial score (nSPS) is 10.3. The van der Waals surface area contributed by atoms with E-state index in [4.69, 9.17) is 0 Å². The van der Waals surface area contributed by atoms with Crippen molar-refractivity contribution in [3.63, 3.8) is 0 Å². The number of carbonyl (C=O) groups is 1. The summed E-state index contributed by atoms with van der Waals surface area (Å²) >= 11 is 7.98. The van der Waals surface area contributed by atoms with Crippen LogP contribution in [0.25, 0.3) is 0 Å². The number of nitrogens with one attached hydrogen (secondary N) is 1. The van der Waals surface area contributed by atoms with E-state index in [1.807, 2.05) is 11.4 Å². The predicted octanol–water partition coefficient (Wildman–Crippen LogP) is 4.11. The number of rotatable bonds is 4. The number of benzene rings is 1. The molecule has 5 nitrogen and oxygen atoms in total. The third-order valence-electron chi connectivity index (χ3n) is 2.51. The Morgan fingerprint density at radius 2 is 2.05 bits per heavy atom. The molecule has 1 heterocycles. The van der Waals surface area contributed by atoms with Gasteiger partial charge in [-0.1, -0.05) is 0 Å². The fourth-order valence-electron chi connectivity index (χ4n) is 1.51. The smallest absolute Gasteiger partial charge is 0.284 e. The minimum atomic E-state index is -0.531. The maximum atomic E-state index is 12.0. The molecule has 0 aliphatic heterocycles. The van der Waals surface area contributed by atoms with Gasteiger partial charge in [0.15, 0.2) is 0 Å². The third kappa shape index (κ3) is 3.44. The van der Waals surface area contributed by atoms with E-state index < -0.39 is 4.92 Å². The molecule has 0 fully saturated rings. The van der Waals surface area contributed by atoms with E-state index in [1.54, 1.807) is 0 Å². The number of hydrogen-bond donors (Lipinski definition) is 1. The minimum Gasteiger partial charge on any atom is -0.347 e. The third-order valence-corrected chi connectivity index (χ3v) is 5.10. The fraction of sp³-hybridized carbons (Fsp3) is 0.0833. The summed E-state index contributed by atoms with van der Waals surface area (Å²) in [5, 5.41) is 15.5. The van der Waals surface area contributed by atoms with Crippen LogP contribution in [0.1, 0.15) is 15.2 Å². The highest BCUT2D eigenvalue weighted by Gasteiger charge is 2.16. The van der Waals surface area contributed by atoms with E-state index in [2.05, 4.69) is 37.2 Å². The van der Waals surface area contributed by atoms with Crippen molar-refractivity contribution >= 4 is 54.8 Å². The van der Waals surface area contributed by atoms with Gasteiger partial charge in [0, 0.05) is 21.0 Å². The van der Waals surface area contributed by atoms with Gasteiger partial charge in [-0.2, -0.15) is 0 Å². The molecule has 0 saturated heterocycles. The molecule has 0 atom stereocenters. The van der Waals surface area contributed by atoms with Crippen LogP contribution >= 0.6 is 43.2 Å². The molecule has 0 saturated carbocycles. The Bertz CT molecular complexity index is 672. The van der Waals surface area contributed by atoms with Crippen molar-refractivity contribution < 1.29 is 9.72 Å². The maximum Gasteiger partial charge on any atom is 0.284 e. The van der Waals surface area contributed by atoms with Gasteiger partial charge in [-0.3, -0.25) is 14.9 Å². The Labute approximate surface area is 135 Å². The SMILES string of the molecule is O=C(NCc1sccc1Br)c1ccc(Br)c([N+](=O)[O-])c1. The van der Waals surface area contributed by atoms with Crippen LogP contribution in [0, 0.1) is 10.1 Å². The van der Waals surface area contributed by atoms with E-state index in [0.29, 0.717) is 11.0 Å². The Balaban J connectivity index is 2.12. The van der Waals surface area contributed by atoms with Crippen LogP contribution in [0.3, 0.4) is 0 Å². The molecule has 0 bridgehead atoms. The first kappa shape index (κ1) is 15.1. The molecule has 0 radical (unpaired) electrons. The number of hydrogen-bond acceptors (Lipinski definition) is 4. The molecule has 8 heteroatoms. The van der Waals surface area contributed by atoms with Crippen LogP contribution in [0.15, 0.2) is 38.6 Å². The van der Waals surface area contributed by atoms with Gasteiger partial charge in [-0.15, -0.1) is 11.3 Å². The predicted molar refractivity (Wildman–Crippen MR) is 84.0 cm³/mol. The summed E-state index contributed by atoms with van der Waals surface area (Å²) in [6, 6.07) is 6.18. The van der Waals surface area contributed by atoms with Crippen molar-refractivity contribution in [2.75, 3.05) is 0 Å². The number of carbonyl (C=O) groups excluding carboxylic acids is 1. The zero-order valence-corrected chi connectivity index (χ0v) is 13.9. The van der Waals surface area contributed by atoms with Gasteiger partial charge >= 0.3 is 0 Å². The molecule has 0 aliphatic carbocycles. The molecule has 20 heavy (non-hydrogen) atoms. The largest absolute Gasteiger partial charge is 0.347 e. The van der Waals surface area contributed by atoms with Crippen molar-refractivity contribution in [1.82, 2.24) is 5.32 Å². The Kier molecular flexibility index (Phi) is 4.90. The first-order valence-electron chi connectivity index (χ1n) is 5.43. The quantitative estimate of drug-likeness (QED) is 0.598. The second-order valence-electron chi connectivity index (χ2n) is 3.80. The van der Waals surface area contributed by atoms with E-state index in [9.17, 15) is 14.9 Å². The fourth-order valence-corrected chi connectivity index (χ4v) is 3.33. The molecular weight excluding hydrogens is 412 g/mol. The molecule has 0 unspecified atom stereocenters. The van der Waals surface area contributed by atoms with E-state index in [1.165, 1.54) is 29.5 Å². The van der Waals surface area contributed by atoms with Crippen molar-refractivity contribution in [2.24, 2.45) is 0 Å². The molecule has 2 rings (SSSR count). The van der Waals surface area contributed by atoms with Gasteiger partial charge < -0.3 is 5.32 Å². The summed E-state index contributed by atoms with van der Waals surface area (Å²) < 4.78 is 1.28. The summed E-state index contributed by atoms with van der Waals surface area (Å²) in [7, 11) is 0. The molecular formula is C12H8Br2N2O3S. The van der Waals surface area contributed by atoms with Crippen LogP contribution in [0.5, 0.6) is 0 Å². The van der Waals surface area contributed by atoms with Crippen molar-refractivity contribution in [1.29, 1.82) is 0 Å². The lowest BCUT2D eigenvalue weighted by Crippen LogP contribution is -2.22. The number of amides is 1. The van der Waals surface area contributed by atoms with Gasteiger partial charge in [-0.05, 0) is 55.4 Å². The second-order valence-corrected chi connectivity index (χ2v) is 6.51. The highest BCUT2D eigenvalue weighted by atomic mass is 79.9. The van der Waals surface area contributed by atoms with Gasteiger partial charge in [0.1, 0.15) is 0 Å². The van der Waals surface area contributed by atoms with Crippen LogP contribution in [-0.4, -0.2) is 10.8 Å². The molecule has 1 aromatic carbocycles. The standard InChI is InChI=1S/C12H8Br2N2O3S/c13-8-2-1-7(5-10(8)16(18)19)12(17)15-6-11-9(14)3-4-20-11/h1-5H,6H2,(H,15,17). The van der Waals surface area contributed by atoms with Crippen LogP contribution in [-0.2, 0) is 6.54 Å². The van der Waals surface area contributed by atoms with E-state index in [0.717, 1.165) is 9.35 Å². The number of nitro groups is 1. The topological polar surface area (TPSA) is 72.2 Å². The van der Waals surface area contributed by atoms with E-state index >= 15 is 0 Å². The lowest BCUT2D eigenvalue weighted by molar-refractivity contribution is -0.385. The molecule has 1 amide bonds. The summed E-state index contributed by atoms with van der Waals surface area (Å²) in [5.41, 5.74) is 0.127. The van der Waals surface area contributed by atoms with Gasteiger partial charge in [0.2, 0.25) is 0 Å². The lowest BCUT2D eigenvalue weighted by Gasteiger charge is -2.05. The highest BCUT2D eigenvalue weighted by molar-refractivity contribution is 9.11. The van der Waals surface area contributed by atoms with E-state index in [-0.39, 0.29) is 17.2 Å². The van der Waals surface area contributed by atoms with Gasteiger partial charge in [0.05, 0.1) is 15.9 Å². The summed E-state index contributed by atoms with van der Waals surface area (Å²) in [4.78, 5) is 23.3. The van der Waals surface area contributed by atoms with Crippen molar-refractivity contribution in [3.8, 4) is 0 Å². The number of halogens is 2. The van der Waals surface area contributed by atoms with Crippen LogP contribution < -0.4 is 5.32 Å². The highest BCUT2D eigenvalue weighted by Crippen LogP contribution is 2.26. The van der Waals surface area contributed by atoms with Crippen molar-refractivity contribution in [2.45, 2.75) is 6.54 Å². The molecule has 2 aromatic rings. The maximum absolute atomic E-state index is 12.0. The van der Waals surface area contributed by atoms with Gasteiger partial charge in [0.25, 0.3) is 11.6 Å². The first-order chi connectivity index (χ1) is 9.49. The zero-order chi connectivity index (χ0) is 14.7. The number of thiophene rings is 1. The molecule has 0 spiro atoms. The van der Waals surface area contributed by atoms with Gasteiger partial charge in [-0.25, -0.2) is 0 Å². The summed E-state index contributed by atoms with van der Waals surface area (Å²) in [5.74, 6) is -0.346. The molecule has 104 valence electrons. The molecule has 1 aromatic heterocycles. The molecule has 0 aliphatic rings.